The molecule has 19 heavy (non-hydrogen) atoms. The van der Waals surface area contributed by atoms with Gasteiger partial charge in [0, 0.05) is 13.5 Å². The first-order valence-electron chi connectivity index (χ1n) is 5.93. The van der Waals surface area contributed by atoms with E-state index >= 15 is 0 Å². The van der Waals surface area contributed by atoms with E-state index in [0.717, 1.165) is 0 Å². The van der Waals surface area contributed by atoms with E-state index in [0.29, 0.717) is 18.5 Å². The number of aliphatic hydroxyl groups is 1. The Morgan fingerprint density at radius 2 is 2.53 bits per heavy atom. The Balaban J connectivity index is 1.99. The van der Waals surface area contributed by atoms with Crippen LogP contribution in [0, 0.1) is 0 Å². The molecule has 0 aromatic carbocycles. The van der Waals surface area contributed by atoms with Crippen LogP contribution >= 0.6 is 0 Å². The van der Waals surface area contributed by atoms with E-state index in [1.165, 1.54) is 19.8 Å². The number of methoxy groups -OCH3 is 1. The van der Waals surface area contributed by atoms with Crippen molar-refractivity contribution in [3.8, 4) is 0 Å². The maximum Gasteiger partial charge on any atom is 0.278 e. The molecule has 102 valence electrons. The quantitative estimate of drug-likeness (QED) is 0.795. The first-order chi connectivity index (χ1) is 9.19. The highest BCUT2D eigenvalue weighted by atomic mass is 16.7. The van der Waals surface area contributed by atoms with Gasteiger partial charge in [-0.05, 0) is 6.42 Å². The maximum atomic E-state index is 11.6. The van der Waals surface area contributed by atoms with Gasteiger partial charge < -0.3 is 19.6 Å². The Labute approximate surface area is 108 Å². The Morgan fingerprint density at radius 3 is 3.21 bits per heavy atom. The van der Waals surface area contributed by atoms with Crippen LogP contribution in [0.4, 0.5) is 0 Å². The number of nitrogens with one attached hydrogen (secondary N) is 1. The van der Waals surface area contributed by atoms with Crippen molar-refractivity contribution in [2.24, 2.45) is 0 Å². The van der Waals surface area contributed by atoms with Crippen LogP contribution < -0.4 is 5.56 Å². The summed E-state index contributed by atoms with van der Waals surface area (Å²) in [4.78, 5) is 22.2. The van der Waals surface area contributed by atoms with Crippen LogP contribution in [0.25, 0.3) is 11.2 Å². The summed E-state index contributed by atoms with van der Waals surface area (Å²) >= 11 is 0. The fraction of sp³-hybridized carbons (Fsp3) is 0.545. The Hall–Kier alpha value is -1.77. The lowest BCUT2D eigenvalue weighted by Crippen LogP contribution is -2.35. The number of aromatic nitrogens is 4. The molecule has 1 fully saturated rings. The number of fused-ring (bicyclic) bond motifs is 1. The predicted molar refractivity (Wildman–Crippen MR) is 64.3 cm³/mol. The van der Waals surface area contributed by atoms with Gasteiger partial charge in [-0.1, -0.05) is 0 Å². The van der Waals surface area contributed by atoms with Crippen LogP contribution in [-0.2, 0) is 9.47 Å². The Morgan fingerprint density at radius 1 is 1.68 bits per heavy atom. The van der Waals surface area contributed by atoms with E-state index in [2.05, 4.69) is 15.0 Å². The van der Waals surface area contributed by atoms with Crippen LogP contribution in [0.1, 0.15) is 19.1 Å². The highest BCUT2D eigenvalue weighted by Gasteiger charge is 2.41. The molecule has 1 saturated heterocycles. The molecule has 0 bridgehead atoms. The van der Waals surface area contributed by atoms with E-state index in [1.807, 2.05) is 0 Å². The number of nitrogens with zero attached hydrogens (tertiary/aromatic N) is 3. The second kappa shape index (κ2) is 4.41. The molecule has 8 heteroatoms. The molecule has 3 rings (SSSR count). The zero-order valence-corrected chi connectivity index (χ0v) is 10.4. The molecule has 0 aliphatic carbocycles. The minimum atomic E-state index is -0.984. The van der Waals surface area contributed by atoms with Crippen LogP contribution in [0.2, 0.25) is 0 Å². The van der Waals surface area contributed by atoms with Gasteiger partial charge in [-0.15, -0.1) is 0 Å². The topological polar surface area (TPSA) is 102 Å². The molecule has 0 amide bonds. The highest BCUT2D eigenvalue weighted by molar-refractivity contribution is 5.68. The SMILES string of the molecule is CO[C@]1(CO)CC[C@H](n2cnc3c(=O)[nH]cnc32)O1. The Kier molecular flexibility index (Phi) is 2.85. The summed E-state index contributed by atoms with van der Waals surface area (Å²) in [5, 5.41) is 9.34. The molecule has 2 atom stereocenters. The highest BCUT2D eigenvalue weighted by Crippen LogP contribution is 2.37. The zero-order valence-electron chi connectivity index (χ0n) is 10.4. The van der Waals surface area contributed by atoms with Crippen molar-refractivity contribution in [1.82, 2.24) is 19.5 Å². The zero-order chi connectivity index (χ0) is 13.5. The number of aromatic amines is 1. The van der Waals surface area contributed by atoms with Crippen LogP contribution in [-0.4, -0.2) is 44.1 Å². The van der Waals surface area contributed by atoms with Crippen LogP contribution in [0.15, 0.2) is 17.4 Å². The number of hydrogen-bond donors (Lipinski definition) is 2. The fourth-order valence-electron chi connectivity index (χ4n) is 2.31. The van der Waals surface area contributed by atoms with E-state index in [-0.39, 0.29) is 23.9 Å². The summed E-state index contributed by atoms with van der Waals surface area (Å²) in [6.45, 7) is -0.222. The van der Waals surface area contributed by atoms with Crippen LogP contribution in [0.5, 0.6) is 0 Å². The summed E-state index contributed by atoms with van der Waals surface area (Å²) in [6.07, 6.45) is 3.70. The molecule has 0 spiro atoms. The molecular weight excluding hydrogens is 252 g/mol. The molecule has 2 N–H and O–H groups in total. The summed E-state index contributed by atoms with van der Waals surface area (Å²) in [5.41, 5.74) is 0.436. The van der Waals surface area contributed by atoms with Crippen molar-refractivity contribution >= 4 is 11.2 Å². The molecule has 1 aliphatic heterocycles. The summed E-state index contributed by atoms with van der Waals surface area (Å²) < 4.78 is 12.6. The van der Waals surface area contributed by atoms with E-state index in [4.69, 9.17) is 9.47 Å². The van der Waals surface area contributed by atoms with E-state index < -0.39 is 5.79 Å². The number of H-pyrrole nitrogens is 1. The van der Waals surface area contributed by atoms with Gasteiger partial charge in [0.05, 0.1) is 19.3 Å². The second-order valence-corrected chi connectivity index (χ2v) is 4.44. The second-order valence-electron chi connectivity index (χ2n) is 4.44. The number of rotatable bonds is 3. The Bertz CT molecular complexity index is 645. The fourth-order valence-corrected chi connectivity index (χ4v) is 2.31. The molecule has 1 aliphatic rings. The standard InChI is InChI=1S/C11H14N4O4/c1-18-11(4-16)3-2-7(19-11)15-6-14-8-9(15)12-5-13-10(8)17/h5-7,16H,2-4H2,1H3,(H,12,13,17)/t7-,11-/m1/s1. The van der Waals surface area contributed by atoms with Gasteiger partial charge in [-0.25, -0.2) is 9.97 Å². The number of ether oxygens (including phenoxy) is 2. The average Bonchev–Trinajstić information content (AvgIpc) is 3.03. The smallest absolute Gasteiger partial charge is 0.278 e. The van der Waals surface area contributed by atoms with Crippen molar-refractivity contribution < 1.29 is 14.6 Å². The van der Waals surface area contributed by atoms with Gasteiger partial charge in [-0.2, -0.15) is 0 Å². The van der Waals surface area contributed by atoms with Crippen molar-refractivity contribution in [3.63, 3.8) is 0 Å². The molecule has 0 saturated carbocycles. The molecule has 2 aromatic rings. The summed E-state index contributed by atoms with van der Waals surface area (Å²) in [7, 11) is 1.49. The van der Waals surface area contributed by atoms with Gasteiger partial charge in [0.1, 0.15) is 6.23 Å². The molecule has 3 heterocycles. The third kappa shape index (κ3) is 1.84. The number of hydrogen-bond acceptors (Lipinski definition) is 6. The number of aliphatic hydroxyl groups excluding tert-OH is 1. The maximum absolute atomic E-state index is 11.6. The molecule has 0 radical (unpaired) electrons. The van der Waals surface area contributed by atoms with Gasteiger partial charge in [0.2, 0.25) is 0 Å². The molecule has 2 aromatic heterocycles. The molecule has 8 nitrogen and oxygen atoms in total. The van der Waals surface area contributed by atoms with Crippen molar-refractivity contribution in [2.45, 2.75) is 24.9 Å². The minimum Gasteiger partial charge on any atom is -0.391 e. The third-order valence-electron chi connectivity index (χ3n) is 3.41. The first-order valence-corrected chi connectivity index (χ1v) is 5.93. The number of imidazole rings is 1. The van der Waals surface area contributed by atoms with Gasteiger partial charge >= 0.3 is 0 Å². The third-order valence-corrected chi connectivity index (χ3v) is 3.41. The minimum absolute atomic E-state index is 0.222. The van der Waals surface area contributed by atoms with Crippen molar-refractivity contribution in [1.29, 1.82) is 0 Å². The van der Waals surface area contributed by atoms with E-state index in [1.54, 1.807) is 4.57 Å². The van der Waals surface area contributed by atoms with Gasteiger partial charge in [0.15, 0.2) is 17.0 Å². The van der Waals surface area contributed by atoms with Crippen molar-refractivity contribution in [3.05, 3.63) is 23.0 Å². The lowest BCUT2D eigenvalue weighted by Gasteiger charge is -2.25. The molecular formula is C11H14N4O4. The lowest BCUT2D eigenvalue weighted by atomic mass is 10.2. The average molecular weight is 266 g/mol. The van der Waals surface area contributed by atoms with Crippen molar-refractivity contribution in [2.75, 3.05) is 13.7 Å². The monoisotopic (exact) mass is 266 g/mol. The summed E-state index contributed by atoms with van der Waals surface area (Å²) in [5.74, 6) is -0.984. The van der Waals surface area contributed by atoms with E-state index in [9.17, 15) is 9.90 Å². The largest absolute Gasteiger partial charge is 0.391 e. The predicted octanol–water partition coefficient (Wildman–Crippen LogP) is -0.236. The normalized spacial score (nSPS) is 27.2. The summed E-state index contributed by atoms with van der Waals surface area (Å²) in [6, 6.07) is 0. The van der Waals surface area contributed by atoms with Gasteiger partial charge in [-0.3, -0.25) is 9.36 Å². The van der Waals surface area contributed by atoms with Crippen LogP contribution in [0.3, 0.4) is 0 Å². The first kappa shape index (κ1) is 12.3. The van der Waals surface area contributed by atoms with Gasteiger partial charge in [0.25, 0.3) is 5.56 Å². The lowest BCUT2D eigenvalue weighted by molar-refractivity contribution is -0.241. The molecule has 0 unspecified atom stereocenters.